The van der Waals surface area contributed by atoms with E-state index in [0.29, 0.717) is 11.3 Å². The summed E-state index contributed by atoms with van der Waals surface area (Å²) in [7, 11) is 0. The molecule has 8 heteroatoms. The number of amides is 3. The van der Waals surface area contributed by atoms with Crippen LogP contribution in [0.5, 0.6) is 0 Å². The van der Waals surface area contributed by atoms with Gasteiger partial charge in [0.05, 0.1) is 12.6 Å². The van der Waals surface area contributed by atoms with Gasteiger partial charge in [-0.1, -0.05) is 45.9 Å². The van der Waals surface area contributed by atoms with Crippen LogP contribution < -0.4 is 10.6 Å². The minimum Gasteiger partial charge on any atom is -0.394 e. The first-order valence-corrected chi connectivity index (χ1v) is 11.1. The summed E-state index contributed by atoms with van der Waals surface area (Å²) in [6.07, 6.45) is 0. The molecule has 0 aromatic heterocycles. The summed E-state index contributed by atoms with van der Waals surface area (Å²) in [5.41, 5.74) is 1.59. The van der Waals surface area contributed by atoms with Crippen LogP contribution in [0.4, 0.5) is 0 Å². The number of aliphatic hydroxyl groups excluding tert-OH is 1. The molecule has 29 heavy (non-hydrogen) atoms. The molecule has 0 radical (unpaired) electrons. The van der Waals surface area contributed by atoms with Gasteiger partial charge >= 0.3 is 0 Å². The van der Waals surface area contributed by atoms with Crippen LogP contribution >= 0.6 is 11.8 Å². The normalized spacial score (nSPS) is 22.4. The fraction of sp³-hybridized carbons (Fsp3) is 0.571. The molecular weight excluding hydrogens is 390 g/mol. The molecule has 7 nitrogen and oxygen atoms in total. The molecule has 1 fully saturated rings. The Morgan fingerprint density at radius 2 is 1.86 bits per heavy atom. The molecule has 3 N–H and O–H groups in total. The topological polar surface area (TPSA) is 98.7 Å². The number of rotatable bonds is 7. The monoisotopic (exact) mass is 419 g/mol. The Hall–Kier alpha value is -2.06. The number of carbonyl (C=O) groups is 3. The molecule has 4 atom stereocenters. The second-order valence-electron chi connectivity index (χ2n) is 8.27. The summed E-state index contributed by atoms with van der Waals surface area (Å²) in [6, 6.07) is 5.71. The van der Waals surface area contributed by atoms with Crippen LogP contribution in [0.2, 0.25) is 0 Å². The first-order chi connectivity index (χ1) is 13.8. The molecule has 1 aromatic carbocycles. The Labute approximate surface area is 175 Å². The van der Waals surface area contributed by atoms with E-state index in [0.717, 1.165) is 5.56 Å². The van der Waals surface area contributed by atoms with Crippen molar-refractivity contribution in [2.45, 2.75) is 51.2 Å². The predicted octanol–water partition coefficient (Wildman–Crippen LogP) is 1.53. The number of hydrogen-bond acceptors (Lipinski definition) is 5. The second kappa shape index (κ2) is 8.75. The summed E-state index contributed by atoms with van der Waals surface area (Å²) in [5, 5.41) is 15.0. The maximum atomic E-state index is 13.0. The highest BCUT2D eigenvalue weighted by atomic mass is 32.2. The largest absolute Gasteiger partial charge is 0.394 e. The Bertz CT molecular complexity index is 798. The van der Waals surface area contributed by atoms with Gasteiger partial charge in [0.1, 0.15) is 17.5 Å². The van der Waals surface area contributed by atoms with Crippen molar-refractivity contribution in [1.29, 1.82) is 0 Å². The van der Waals surface area contributed by atoms with E-state index >= 15 is 0 Å². The van der Waals surface area contributed by atoms with Gasteiger partial charge in [0.2, 0.25) is 11.8 Å². The SMILES string of the molecule is CC(C)[C@H](NC(=O)[C@H]1CS[C@@H]2c3ccccc3C(=O)N12)C(=O)N[C@H](CO)C(C)C. The van der Waals surface area contributed by atoms with E-state index in [2.05, 4.69) is 10.6 Å². The molecule has 1 saturated heterocycles. The minimum absolute atomic E-state index is 0.0696. The Morgan fingerprint density at radius 1 is 1.17 bits per heavy atom. The summed E-state index contributed by atoms with van der Waals surface area (Å²) in [6.45, 7) is 7.38. The van der Waals surface area contributed by atoms with Crippen molar-refractivity contribution >= 4 is 29.5 Å². The third kappa shape index (κ3) is 4.14. The molecule has 1 aromatic rings. The van der Waals surface area contributed by atoms with Crippen LogP contribution in [-0.2, 0) is 9.59 Å². The van der Waals surface area contributed by atoms with E-state index in [4.69, 9.17) is 0 Å². The Kier molecular flexibility index (Phi) is 6.53. The van der Waals surface area contributed by atoms with Gasteiger partial charge in [0.25, 0.3) is 5.91 Å². The van der Waals surface area contributed by atoms with Crippen molar-refractivity contribution in [1.82, 2.24) is 15.5 Å². The maximum Gasteiger partial charge on any atom is 0.256 e. The maximum absolute atomic E-state index is 13.0. The number of nitrogens with one attached hydrogen (secondary N) is 2. The van der Waals surface area contributed by atoms with Gasteiger partial charge in [-0.25, -0.2) is 0 Å². The van der Waals surface area contributed by atoms with Crippen molar-refractivity contribution in [3.63, 3.8) is 0 Å². The van der Waals surface area contributed by atoms with Gasteiger partial charge in [0.15, 0.2) is 0 Å². The van der Waals surface area contributed by atoms with Gasteiger partial charge in [0, 0.05) is 11.3 Å². The highest BCUT2D eigenvalue weighted by Gasteiger charge is 2.48. The highest BCUT2D eigenvalue weighted by molar-refractivity contribution is 7.99. The number of fused-ring (bicyclic) bond motifs is 3. The third-order valence-electron chi connectivity index (χ3n) is 5.57. The average molecular weight is 420 g/mol. The van der Waals surface area contributed by atoms with E-state index < -0.39 is 12.1 Å². The number of hydrogen-bond donors (Lipinski definition) is 3. The lowest BCUT2D eigenvalue weighted by atomic mass is 10.00. The first kappa shape index (κ1) is 21.6. The van der Waals surface area contributed by atoms with Gasteiger partial charge in [-0.15, -0.1) is 11.8 Å². The Morgan fingerprint density at radius 3 is 2.48 bits per heavy atom. The number of thioether (sulfide) groups is 1. The van der Waals surface area contributed by atoms with Crippen molar-refractivity contribution in [2.75, 3.05) is 12.4 Å². The fourth-order valence-corrected chi connectivity index (χ4v) is 5.19. The first-order valence-electron chi connectivity index (χ1n) is 10.0. The van der Waals surface area contributed by atoms with Crippen LogP contribution in [0, 0.1) is 11.8 Å². The van der Waals surface area contributed by atoms with Crippen molar-refractivity contribution in [2.24, 2.45) is 11.8 Å². The molecular formula is C21H29N3O4S. The molecule has 0 bridgehead atoms. The summed E-state index contributed by atoms with van der Waals surface area (Å²) < 4.78 is 0. The lowest BCUT2D eigenvalue weighted by Gasteiger charge is -2.29. The standard InChI is InChI=1S/C21H29N3O4S/c1-11(2)15(9-25)22-19(27)17(12(3)4)23-18(26)16-10-29-21-14-8-6-5-7-13(14)20(28)24(16)21/h5-8,11-12,15-17,21,25H,9-10H2,1-4H3,(H,22,27)(H,23,26)/t15-,16-,17+,21-/m1/s1. The fourth-order valence-electron chi connectivity index (χ4n) is 3.72. The number of nitrogens with zero attached hydrogens (tertiary/aromatic N) is 1. The number of benzene rings is 1. The minimum atomic E-state index is -0.737. The molecule has 3 rings (SSSR count). The van der Waals surface area contributed by atoms with Gasteiger partial charge in [-0.05, 0) is 23.5 Å². The van der Waals surface area contributed by atoms with E-state index in [1.165, 1.54) is 0 Å². The number of carbonyl (C=O) groups excluding carboxylic acids is 3. The molecule has 2 heterocycles. The van der Waals surface area contributed by atoms with E-state index in [-0.39, 0.29) is 47.6 Å². The van der Waals surface area contributed by atoms with Gasteiger partial charge in [-0.2, -0.15) is 0 Å². The highest BCUT2D eigenvalue weighted by Crippen LogP contribution is 2.48. The van der Waals surface area contributed by atoms with Gasteiger partial charge in [-0.3, -0.25) is 14.4 Å². The lowest BCUT2D eigenvalue weighted by Crippen LogP contribution is -2.57. The van der Waals surface area contributed by atoms with Crippen molar-refractivity contribution in [3.8, 4) is 0 Å². The van der Waals surface area contributed by atoms with E-state index in [9.17, 15) is 19.5 Å². The van der Waals surface area contributed by atoms with Crippen molar-refractivity contribution < 1.29 is 19.5 Å². The zero-order chi connectivity index (χ0) is 21.3. The zero-order valence-electron chi connectivity index (χ0n) is 17.2. The smallest absolute Gasteiger partial charge is 0.256 e. The quantitative estimate of drug-likeness (QED) is 0.623. The molecule has 0 spiro atoms. The summed E-state index contributed by atoms with van der Waals surface area (Å²) >= 11 is 1.57. The predicted molar refractivity (Wildman–Crippen MR) is 112 cm³/mol. The molecule has 2 aliphatic heterocycles. The van der Waals surface area contributed by atoms with Crippen LogP contribution in [0.1, 0.15) is 49.0 Å². The van der Waals surface area contributed by atoms with Crippen LogP contribution in [-0.4, -0.2) is 58.2 Å². The number of aliphatic hydroxyl groups is 1. The molecule has 0 unspecified atom stereocenters. The summed E-state index contributed by atoms with van der Waals surface area (Å²) in [5.74, 6) is -0.350. The average Bonchev–Trinajstić information content (AvgIpc) is 3.24. The molecule has 158 valence electrons. The second-order valence-corrected chi connectivity index (χ2v) is 9.39. The van der Waals surface area contributed by atoms with Crippen LogP contribution in [0.15, 0.2) is 24.3 Å². The van der Waals surface area contributed by atoms with Gasteiger partial charge < -0.3 is 20.6 Å². The molecule has 0 aliphatic carbocycles. The van der Waals surface area contributed by atoms with E-state index in [1.54, 1.807) is 22.7 Å². The molecule has 0 saturated carbocycles. The van der Waals surface area contributed by atoms with Crippen LogP contribution in [0.3, 0.4) is 0 Å². The Balaban J connectivity index is 1.71. The summed E-state index contributed by atoms with van der Waals surface area (Å²) in [4.78, 5) is 40.3. The zero-order valence-corrected chi connectivity index (χ0v) is 18.0. The molecule has 2 aliphatic rings. The lowest BCUT2D eigenvalue weighted by molar-refractivity contribution is -0.132. The van der Waals surface area contributed by atoms with Crippen molar-refractivity contribution in [3.05, 3.63) is 35.4 Å². The van der Waals surface area contributed by atoms with E-state index in [1.807, 2.05) is 45.9 Å². The third-order valence-corrected chi connectivity index (χ3v) is 6.88. The molecule has 3 amide bonds. The van der Waals surface area contributed by atoms with Crippen LogP contribution in [0.25, 0.3) is 0 Å².